The first-order valence-corrected chi connectivity index (χ1v) is 12.3. The van der Waals surface area contributed by atoms with Crippen molar-refractivity contribution in [2.45, 2.75) is 39.7 Å². The Labute approximate surface area is 207 Å². The van der Waals surface area contributed by atoms with E-state index in [9.17, 15) is 19.2 Å². The van der Waals surface area contributed by atoms with Crippen LogP contribution in [0, 0.1) is 18.3 Å². The van der Waals surface area contributed by atoms with E-state index in [-0.39, 0.29) is 24.4 Å². The number of nitrogens with one attached hydrogen (secondary N) is 1. The van der Waals surface area contributed by atoms with Gasteiger partial charge in [0, 0.05) is 25.7 Å². The summed E-state index contributed by atoms with van der Waals surface area (Å²) in [6, 6.07) is 10.0. The molecule has 1 N–H and O–H groups in total. The molecule has 6 rings (SSSR count). The Hall–Kier alpha value is -4.01. The van der Waals surface area contributed by atoms with Crippen LogP contribution in [0.3, 0.4) is 0 Å². The Morgan fingerprint density at radius 3 is 2.67 bits per heavy atom. The lowest BCUT2D eigenvalue weighted by Gasteiger charge is -2.53. The van der Waals surface area contributed by atoms with Gasteiger partial charge in [-0.05, 0) is 42.0 Å². The third-order valence-corrected chi connectivity index (χ3v) is 7.64. The molecule has 1 spiro atoms. The number of benzene rings is 1. The fourth-order valence-corrected chi connectivity index (χ4v) is 6.05. The minimum atomic E-state index is -1.68. The van der Waals surface area contributed by atoms with Crippen LogP contribution in [0.2, 0.25) is 0 Å². The molecule has 2 aromatic heterocycles. The van der Waals surface area contributed by atoms with Crippen LogP contribution < -0.4 is 15.8 Å². The van der Waals surface area contributed by atoms with Gasteiger partial charge in [0.25, 0.3) is 5.56 Å². The second-order valence-electron chi connectivity index (χ2n) is 10.4. The fraction of sp³-hybridized carbons (Fsp3) is 0.370. The van der Waals surface area contributed by atoms with Gasteiger partial charge in [0.05, 0.1) is 11.6 Å². The van der Waals surface area contributed by atoms with E-state index in [0.29, 0.717) is 30.0 Å². The smallest absolute Gasteiger partial charge is 0.330 e. The van der Waals surface area contributed by atoms with Crippen molar-refractivity contribution in [1.29, 1.82) is 0 Å². The molecule has 9 heteroatoms. The number of fused-ring (bicyclic) bond motifs is 7. The van der Waals surface area contributed by atoms with Gasteiger partial charge in [0.15, 0.2) is 5.41 Å². The molecular formula is C27H27N5O4. The van der Waals surface area contributed by atoms with Crippen LogP contribution in [0.4, 0.5) is 10.6 Å². The zero-order valence-corrected chi connectivity index (χ0v) is 20.4. The van der Waals surface area contributed by atoms with Crippen molar-refractivity contribution in [3.05, 3.63) is 75.2 Å². The number of nitrogens with zero attached hydrogens (tertiary/aromatic N) is 4. The van der Waals surface area contributed by atoms with E-state index in [1.807, 2.05) is 56.0 Å². The molecule has 0 radical (unpaired) electrons. The summed E-state index contributed by atoms with van der Waals surface area (Å²) < 4.78 is 1.47. The Bertz CT molecular complexity index is 1530. The highest BCUT2D eigenvalue weighted by atomic mass is 16.2. The zero-order valence-electron chi connectivity index (χ0n) is 20.4. The quantitative estimate of drug-likeness (QED) is 0.559. The van der Waals surface area contributed by atoms with Gasteiger partial charge in [-0.1, -0.05) is 44.2 Å². The number of urea groups is 1. The number of carbonyl (C=O) groups excluding carboxylic acids is 3. The Morgan fingerprint density at radius 2 is 1.89 bits per heavy atom. The summed E-state index contributed by atoms with van der Waals surface area (Å²) in [6.45, 7) is 6.38. The molecule has 0 bridgehead atoms. The summed E-state index contributed by atoms with van der Waals surface area (Å²) in [5.74, 6) is -0.707. The molecule has 5 heterocycles. The van der Waals surface area contributed by atoms with E-state index < -0.39 is 29.3 Å². The number of pyridine rings is 1. The number of hydrogen-bond acceptors (Lipinski definition) is 6. The van der Waals surface area contributed by atoms with Crippen LogP contribution in [0.15, 0.2) is 47.4 Å². The van der Waals surface area contributed by atoms with Gasteiger partial charge < -0.3 is 4.90 Å². The van der Waals surface area contributed by atoms with Crippen molar-refractivity contribution >= 4 is 29.3 Å². The second-order valence-corrected chi connectivity index (χ2v) is 10.4. The largest absolute Gasteiger partial charge is 0.347 e. The summed E-state index contributed by atoms with van der Waals surface area (Å²) >= 11 is 0. The average molecular weight is 486 g/mol. The third-order valence-electron chi connectivity index (χ3n) is 7.64. The number of aryl methyl sites for hydroxylation is 1. The monoisotopic (exact) mass is 485 g/mol. The maximum atomic E-state index is 14.3. The molecule has 0 saturated carbocycles. The van der Waals surface area contributed by atoms with Crippen LogP contribution in [0.5, 0.6) is 0 Å². The van der Waals surface area contributed by atoms with Gasteiger partial charge >= 0.3 is 6.03 Å². The fourth-order valence-electron chi connectivity index (χ4n) is 6.05. The predicted octanol–water partition coefficient (Wildman–Crippen LogP) is 2.38. The molecule has 0 aliphatic carbocycles. The standard InChI is InChI=1S/C27H27N5O4/c1-15(2)14-32-25(35)27(24(34)29-26(32)36)13-19-22(28-21-16(3)7-6-11-31(21)23(19)33)30-12-10-17-8-4-5-9-18(17)20(27)30/h4-9,11,15,20H,10,12-14H2,1-3H3,(H,29,34,36)/t20-,27+/m1/s1. The molecule has 9 nitrogen and oxygen atoms in total. The van der Waals surface area contributed by atoms with Crippen LogP contribution in [0.25, 0.3) is 5.65 Å². The number of amides is 4. The average Bonchev–Trinajstić information content (AvgIpc) is 2.86. The summed E-state index contributed by atoms with van der Waals surface area (Å²) in [5.41, 5.74) is 1.63. The van der Waals surface area contributed by atoms with E-state index in [4.69, 9.17) is 4.98 Å². The molecule has 3 aromatic rings. The minimum Gasteiger partial charge on any atom is -0.347 e. The molecule has 1 fully saturated rings. The zero-order chi connectivity index (χ0) is 25.4. The number of barbiturate groups is 1. The highest BCUT2D eigenvalue weighted by Crippen LogP contribution is 2.52. The van der Waals surface area contributed by atoms with Gasteiger partial charge in [-0.15, -0.1) is 0 Å². The Balaban J connectivity index is 1.66. The van der Waals surface area contributed by atoms with Gasteiger partial charge in [-0.25, -0.2) is 9.78 Å². The number of hydrogen-bond donors (Lipinski definition) is 1. The summed E-state index contributed by atoms with van der Waals surface area (Å²) in [6.07, 6.45) is 2.20. The Kier molecular flexibility index (Phi) is 4.83. The summed E-state index contributed by atoms with van der Waals surface area (Å²) in [5, 5.41) is 2.46. The highest BCUT2D eigenvalue weighted by Gasteiger charge is 2.64. The number of anilines is 1. The summed E-state index contributed by atoms with van der Waals surface area (Å²) in [7, 11) is 0. The first-order valence-electron chi connectivity index (χ1n) is 12.3. The normalized spacial score (nSPS) is 23.1. The molecule has 3 aliphatic heterocycles. The van der Waals surface area contributed by atoms with Crippen molar-refractivity contribution in [2.75, 3.05) is 18.0 Å². The topological polar surface area (TPSA) is 104 Å². The molecule has 4 amide bonds. The van der Waals surface area contributed by atoms with Gasteiger partial charge in [0.1, 0.15) is 11.5 Å². The highest BCUT2D eigenvalue weighted by molar-refractivity contribution is 6.20. The van der Waals surface area contributed by atoms with E-state index in [0.717, 1.165) is 21.6 Å². The van der Waals surface area contributed by atoms with E-state index in [1.54, 1.807) is 12.3 Å². The lowest BCUT2D eigenvalue weighted by atomic mass is 9.65. The van der Waals surface area contributed by atoms with Crippen LogP contribution in [-0.4, -0.2) is 45.2 Å². The van der Waals surface area contributed by atoms with Crippen molar-refractivity contribution < 1.29 is 14.4 Å². The summed E-state index contributed by atoms with van der Waals surface area (Å²) in [4.78, 5) is 62.6. The van der Waals surface area contributed by atoms with Crippen LogP contribution >= 0.6 is 0 Å². The number of imide groups is 2. The second kappa shape index (κ2) is 7.74. The van der Waals surface area contributed by atoms with Crippen molar-refractivity contribution in [1.82, 2.24) is 19.6 Å². The van der Waals surface area contributed by atoms with Crippen molar-refractivity contribution in [3.8, 4) is 0 Å². The molecule has 1 aromatic carbocycles. The molecule has 184 valence electrons. The van der Waals surface area contributed by atoms with E-state index in [2.05, 4.69) is 5.32 Å². The van der Waals surface area contributed by atoms with Gasteiger partial charge in [0.2, 0.25) is 11.8 Å². The lowest BCUT2D eigenvalue weighted by Crippen LogP contribution is -2.70. The number of aromatic nitrogens is 2. The van der Waals surface area contributed by atoms with Crippen LogP contribution in [-0.2, 0) is 22.4 Å². The minimum absolute atomic E-state index is 0.00906. The molecule has 2 atom stereocenters. The molecular weight excluding hydrogens is 458 g/mol. The van der Waals surface area contributed by atoms with E-state index >= 15 is 0 Å². The number of rotatable bonds is 2. The molecule has 3 aliphatic rings. The number of carbonyl (C=O) groups is 3. The first-order chi connectivity index (χ1) is 17.2. The maximum Gasteiger partial charge on any atom is 0.330 e. The van der Waals surface area contributed by atoms with E-state index in [1.165, 1.54) is 4.40 Å². The SMILES string of the molecule is Cc1cccn2c(=O)c3c(nc12)N1CCc2ccccc2[C@@H]1[C@@]1(C3)C(=O)NC(=O)N(CC(C)C)C1=O. The lowest BCUT2D eigenvalue weighted by molar-refractivity contribution is -0.154. The molecule has 1 saturated heterocycles. The Morgan fingerprint density at radius 1 is 1.11 bits per heavy atom. The first kappa shape index (κ1) is 22.5. The van der Waals surface area contributed by atoms with Gasteiger partial charge in [-0.2, -0.15) is 0 Å². The predicted molar refractivity (Wildman–Crippen MR) is 133 cm³/mol. The van der Waals surface area contributed by atoms with Crippen LogP contribution in [0.1, 0.15) is 42.1 Å². The third kappa shape index (κ3) is 2.91. The van der Waals surface area contributed by atoms with Crippen molar-refractivity contribution in [2.24, 2.45) is 11.3 Å². The van der Waals surface area contributed by atoms with Gasteiger partial charge in [-0.3, -0.25) is 29.0 Å². The molecule has 36 heavy (non-hydrogen) atoms. The van der Waals surface area contributed by atoms with Crippen molar-refractivity contribution in [3.63, 3.8) is 0 Å². The maximum absolute atomic E-state index is 14.3. The molecule has 0 unspecified atom stereocenters.